The summed E-state index contributed by atoms with van der Waals surface area (Å²) in [7, 11) is -2.44. The molecule has 3 saturated heterocycles. The summed E-state index contributed by atoms with van der Waals surface area (Å²) in [5, 5.41) is 0. The van der Waals surface area contributed by atoms with Crippen LogP contribution in [0.1, 0.15) is 154 Å². The van der Waals surface area contributed by atoms with E-state index >= 15 is 0 Å². The van der Waals surface area contributed by atoms with E-state index in [-0.39, 0.29) is 0 Å². The molecular formula is C68H95B3O12. The molecule has 3 heterocycles. The molecule has 6 fully saturated rings. The summed E-state index contributed by atoms with van der Waals surface area (Å²) in [6.45, 7) is 26.7. The van der Waals surface area contributed by atoms with Gasteiger partial charge in [-0.3, -0.25) is 0 Å². The van der Waals surface area contributed by atoms with Crippen LogP contribution in [0.25, 0.3) is 0 Å². The Labute approximate surface area is 499 Å². The Hall–Kier alpha value is -5.15. The Morgan fingerprint density at radius 1 is 0.277 bits per heavy atom. The Morgan fingerprint density at radius 2 is 0.458 bits per heavy atom. The number of benzene rings is 3. The normalized spacial score (nSPS) is 21.9. The zero-order valence-corrected chi connectivity index (χ0v) is 49.9. The van der Waals surface area contributed by atoms with Crippen LogP contribution in [0.15, 0.2) is 131 Å². The lowest BCUT2D eigenvalue weighted by Gasteiger charge is -2.55. The monoisotopic (exact) mass is 1140 g/mol. The lowest BCUT2D eigenvalue weighted by atomic mass is 9.61. The van der Waals surface area contributed by atoms with Crippen molar-refractivity contribution in [2.75, 3.05) is 39.6 Å². The van der Waals surface area contributed by atoms with Crippen LogP contribution in [0, 0.1) is 11.8 Å². The van der Waals surface area contributed by atoms with Gasteiger partial charge in [0, 0.05) is 11.8 Å². The summed E-state index contributed by atoms with van der Waals surface area (Å²) in [5.41, 5.74) is 2.24. The molecule has 0 spiro atoms. The van der Waals surface area contributed by atoms with Gasteiger partial charge >= 0.3 is 21.4 Å². The van der Waals surface area contributed by atoms with Crippen LogP contribution < -0.4 is 44.8 Å². The molecule has 3 saturated carbocycles. The second-order valence-electron chi connectivity index (χ2n) is 22.7. The number of unbranched alkanes of at least 4 members (excludes halogenated alkanes) is 18. The molecule has 0 aromatic heterocycles. The summed E-state index contributed by atoms with van der Waals surface area (Å²) in [5.74, 6) is 3.32. The van der Waals surface area contributed by atoms with Gasteiger partial charge in [0.25, 0.3) is 0 Å². The van der Waals surface area contributed by atoms with Crippen molar-refractivity contribution in [2.45, 2.75) is 191 Å². The third kappa shape index (κ3) is 17.5. The smallest absolute Gasteiger partial charge is 0.494 e. The first kappa shape index (κ1) is 63.9. The van der Waals surface area contributed by atoms with E-state index in [0.717, 1.165) is 170 Å². The first-order valence-electron chi connectivity index (χ1n) is 31.8. The van der Waals surface area contributed by atoms with Gasteiger partial charge in [-0.25, -0.2) is 0 Å². The van der Waals surface area contributed by atoms with Crippen LogP contribution >= 0.6 is 0 Å². The molecule has 6 atom stereocenters. The highest BCUT2D eigenvalue weighted by Gasteiger charge is 2.73. The van der Waals surface area contributed by atoms with E-state index in [4.69, 9.17) is 56.3 Å². The highest BCUT2D eigenvalue weighted by molar-refractivity contribution is 6.65. The maximum absolute atomic E-state index is 7.35. The first-order chi connectivity index (χ1) is 41.0. The Balaban J connectivity index is 1.12. The minimum Gasteiger partial charge on any atom is -0.494 e. The topological polar surface area (TPSA) is 111 Å². The largest absolute Gasteiger partial charge is 0.502 e. The Kier molecular flexibility index (Phi) is 27.2. The van der Waals surface area contributed by atoms with Gasteiger partial charge in [-0.15, -0.1) is 39.5 Å². The van der Waals surface area contributed by atoms with Gasteiger partial charge in [0.05, 0.1) is 92.7 Å². The zero-order valence-electron chi connectivity index (χ0n) is 49.9. The van der Waals surface area contributed by atoms with Crippen molar-refractivity contribution in [1.29, 1.82) is 0 Å². The van der Waals surface area contributed by atoms with Crippen molar-refractivity contribution in [3.8, 4) is 34.5 Å². The van der Waals surface area contributed by atoms with Gasteiger partial charge < -0.3 is 56.3 Å². The molecule has 3 aromatic rings. The third-order valence-electron chi connectivity index (χ3n) is 16.6. The maximum Gasteiger partial charge on any atom is 0.502 e. The number of allylic oxidation sites excluding steroid dienone is 6. The molecule has 3 aliphatic heterocycles. The minimum atomic E-state index is -0.814. The predicted octanol–water partition coefficient (Wildman–Crippen LogP) is 13.5. The second-order valence-corrected chi connectivity index (χ2v) is 22.7. The third-order valence-corrected chi connectivity index (χ3v) is 16.6. The summed E-state index contributed by atoms with van der Waals surface area (Å²) in [4.78, 5) is 0. The average Bonchev–Trinajstić information content (AvgIpc) is 1.76. The van der Waals surface area contributed by atoms with Gasteiger partial charge in [-0.05, 0) is 190 Å². The van der Waals surface area contributed by atoms with Gasteiger partial charge in [0.1, 0.15) is 34.5 Å². The molecule has 3 aromatic carbocycles. The molecule has 0 amide bonds. The fourth-order valence-electron chi connectivity index (χ4n) is 12.3. The van der Waals surface area contributed by atoms with Crippen molar-refractivity contribution in [1.82, 2.24) is 0 Å². The SMILES string of the molecule is C=CCCCCCOc1cccc(OCCCCCC=C)c1B1O[C@@H]2C3[C@@H]4OB(c5c(OCCCCCC=C)cccc5OCCCCCC=C)O[C@@H]4C([C@H]4OB(c5c(OCCCCCC=C)cccc5OCCCCCC=C)O[C@@H]34)[C@@H]2O1. The van der Waals surface area contributed by atoms with Crippen LogP contribution in [-0.2, 0) is 27.9 Å². The fraction of sp³-hybridized carbons (Fsp3) is 0.559. The van der Waals surface area contributed by atoms with E-state index < -0.39 is 69.8 Å². The standard InChI is InChI=1S/C68H95B3O12/c1-7-13-19-25-31-46-72-52-40-37-41-53(73-47-32-26-20-14-8-2)60(52)69-78-63-58-65-66(81-70(80-65)61-54(74-48-33-27-21-15-9-3)42-38-43-55(61)75-49-34-28-22-16-10-4)59(64(63)79-69)68-67(58)82-71(83-68)62-56(76-50-35-29-23-17-11-5)44-39-45-57(62)77-51-36-30-24-18-12-6/h7-12,37-45,58-59,63-68H,1-6,13-36,46-51H2/t58?,59?,63-,64+,65-,66+,67+,68-. The van der Waals surface area contributed by atoms with Crippen LogP contribution in [-0.4, -0.2) is 97.6 Å². The quantitative estimate of drug-likeness (QED) is 0.0305. The van der Waals surface area contributed by atoms with Crippen LogP contribution in [0.5, 0.6) is 34.5 Å². The fourth-order valence-corrected chi connectivity index (χ4v) is 12.3. The molecule has 15 heteroatoms. The second kappa shape index (κ2) is 35.3. The molecular weight excluding hydrogens is 1040 g/mol. The van der Waals surface area contributed by atoms with Crippen molar-refractivity contribution in [3.05, 3.63) is 131 Å². The molecule has 12 nitrogen and oxygen atoms in total. The molecule has 0 unspecified atom stereocenters. The number of hydrogen-bond donors (Lipinski definition) is 0. The van der Waals surface area contributed by atoms with Crippen LogP contribution in [0.4, 0.5) is 0 Å². The lowest BCUT2D eigenvalue weighted by Crippen LogP contribution is -2.70. The molecule has 0 radical (unpaired) electrons. The molecule has 3 aliphatic carbocycles. The number of rotatable bonds is 45. The maximum atomic E-state index is 7.35. The molecule has 6 aliphatic rings. The van der Waals surface area contributed by atoms with Crippen molar-refractivity contribution in [3.63, 3.8) is 0 Å². The summed E-state index contributed by atoms with van der Waals surface area (Å²) >= 11 is 0. The van der Waals surface area contributed by atoms with Gasteiger partial charge in [0.2, 0.25) is 0 Å². The van der Waals surface area contributed by atoms with Crippen molar-refractivity contribution >= 4 is 37.7 Å². The molecule has 83 heavy (non-hydrogen) atoms. The van der Waals surface area contributed by atoms with Crippen molar-refractivity contribution < 1.29 is 56.3 Å². The zero-order chi connectivity index (χ0) is 57.9. The average molecular weight is 1140 g/mol. The van der Waals surface area contributed by atoms with E-state index in [2.05, 4.69) is 39.5 Å². The number of ether oxygens (including phenoxy) is 6. The summed E-state index contributed by atoms with van der Waals surface area (Å²) in [6, 6.07) is 18.0. The Bertz CT molecular complexity index is 2060. The summed E-state index contributed by atoms with van der Waals surface area (Å²) in [6.07, 6.45) is 32.9. The van der Waals surface area contributed by atoms with E-state index in [1.165, 1.54) is 0 Å². The van der Waals surface area contributed by atoms with Crippen LogP contribution in [0.3, 0.4) is 0 Å². The van der Waals surface area contributed by atoms with Crippen molar-refractivity contribution in [2.24, 2.45) is 11.8 Å². The molecule has 2 bridgehead atoms. The number of hydrogen-bond acceptors (Lipinski definition) is 12. The predicted molar refractivity (Wildman–Crippen MR) is 337 cm³/mol. The van der Waals surface area contributed by atoms with E-state index in [1.807, 2.05) is 91.1 Å². The highest BCUT2D eigenvalue weighted by atomic mass is 16.7. The lowest BCUT2D eigenvalue weighted by molar-refractivity contribution is -0.192. The van der Waals surface area contributed by atoms with Crippen LogP contribution in [0.2, 0.25) is 0 Å². The Morgan fingerprint density at radius 3 is 0.627 bits per heavy atom. The highest BCUT2D eigenvalue weighted by Crippen LogP contribution is 2.56. The first-order valence-corrected chi connectivity index (χ1v) is 31.8. The van der Waals surface area contributed by atoms with Gasteiger partial charge in [-0.1, -0.05) is 54.7 Å². The van der Waals surface area contributed by atoms with E-state index in [0.29, 0.717) is 74.1 Å². The molecule has 448 valence electrons. The molecule has 9 rings (SSSR count). The van der Waals surface area contributed by atoms with Gasteiger partial charge in [-0.2, -0.15) is 0 Å². The van der Waals surface area contributed by atoms with E-state index in [1.54, 1.807) is 0 Å². The molecule has 0 N–H and O–H groups in total. The summed E-state index contributed by atoms with van der Waals surface area (Å²) < 4.78 is 84.0. The van der Waals surface area contributed by atoms with Gasteiger partial charge in [0.15, 0.2) is 0 Å². The minimum absolute atomic E-state index is 0.397. The van der Waals surface area contributed by atoms with E-state index in [9.17, 15) is 0 Å².